The van der Waals surface area contributed by atoms with Crippen molar-refractivity contribution >= 4 is 12.6 Å². The molecule has 0 atom stereocenters. The van der Waals surface area contributed by atoms with Crippen LogP contribution in [0.2, 0.25) is 0 Å². The molecule has 14 heavy (non-hydrogen) atoms. The Morgan fingerprint density at radius 1 is 0.929 bits per heavy atom. The van der Waals surface area contributed by atoms with Gasteiger partial charge in [0.15, 0.2) is 12.6 Å². The van der Waals surface area contributed by atoms with Crippen LogP contribution in [-0.4, -0.2) is 12.6 Å². The van der Waals surface area contributed by atoms with Crippen molar-refractivity contribution in [3.63, 3.8) is 0 Å². The van der Waals surface area contributed by atoms with E-state index in [9.17, 15) is 9.59 Å². The lowest BCUT2D eigenvalue weighted by atomic mass is 10.0. The fourth-order valence-electron chi connectivity index (χ4n) is 1.02. The second-order valence-electron chi connectivity index (χ2n) is 2.49. The Bertz CT molecular complexity index is 433. The van der Waals surface area contributed by atoms with Gasteiger partial charge in [0, 0.05) is 11.1 Å². The summed E-state index contributed by atoms with van der Waals surface area (Å²) in [6.07, 6.45) is 0.956. The standard InChI is InChI=1S/C10H4N2O2/c11-3-7-1-9(5-13)10(6-14)2-8(7)4-12/h1-2,5-6H. The van der Waals surface area contributed by atoms with Crippen LogP contribution >= 0.6 is 0 Å². The maximum absolute atomic E-state index is 10.5. The smallest absolute Gasteiger partial charge is 0.150 e. The Balaban J connectivity index is 3.54. The van der Waals surface area contributed by atoms with Crippen molar-refractivity contribution in [3.8, 4) is 12.1 Å². The van der Waals surface area contributed by atoms with Gasteiger partial charge in [0.2, 0.25) is 0 Å². The topological polar surface area (TPSA) is 81.7 Å². The number of carbonyl (C=O) groups excluding carboxylic acids is 2. The average molecular weight is 184 g/mol. The van der Waals surface area contributed by atoms with Crippen LogP contribution in [0, 0.1) is 22.7 Å². The molecule has 0 fully saturated rings. The molecular weight excluding hydrogens is 180 g/mol. The predicted molar refractivity (Wildman–Crippen MR) is 46.6 cm³/mol. The second kappa shape index (κ2) is 3.97. The number of hydrogen-bond donors (Lipinski definition) is 0. The minimum absolute atomic E-state index is 0.0974. The zero-order valence-electron chi connectivity index (χ0n) is 7.02. The first kappa shape index (κ1) is 9.63. The maximum Gasteiger partial charge on any atom is 0.150 e. The number of benzene rings is 1. The van der Waals surface area contributed by atoms with E-state index in [1.165, 1.54) is 12.1 Å². The fraction of sp³-hybridized carbons (Fsp3) is 0. The van der Waals surface area contributed by atoms with Crippen LogP contribution in [0.1, 0.15) is 31.8 Å². The molecule has 0 radical (unpaired) electrons. The van der Waals surface area contributed by atoms with Crippen LogP contribution in [-0.2, 0) is 0 Å². The quantitative estimate of drug-likeness (QED) is 0.643. The number of rotatable bonds is 2. The third-order valence-corrected chi connectivity index (χ3v) is 1.72. The summed E-state index contributed by atoms with van der Waals surface area (Å²) in [6.45, 7) is 0. The van der Waals surface area contributed by atoms with Crippen LogP contribution in [0.5, 0.6) is 0 Å². The first-order chi connectivity index (χ1) is 6.76. The molecule has 0 bridgehead atoms. The van der Waals surface area contributed by atoms with Gasteiger partial charge < -0.3 is 0 Å². The van der Waals surface area contributed by atoms with Crippen molar-refractivity contribution < 1.29 is 9.59 Å². The molecule has 0 aliphatic carbocycles. The average Bonchev–Trinajstić information content (AvgIpc) is 2.26. The van der Waals surface area contributed by atoms with Crippen molar-refractivity contribution in [1.82, 2.24) is 0 Å². The van der Waals surface area contributed by atoms with Gasteiger partial charge >= 0.3 is 0 Å². The molecule has 0 heterocycles. The Morgan fingerprint density at radius 2 is 1.29 bits per heavy atom. The van der Waals surface area contributed by atoms with Crippen LogP contribution < -0.4 is 0 Å². The van der Waals surface area contributed by atoms with Gasteiger partial charge in [-0.05, 0) is 12.1 Å². The molecule has 0 N–H and O–H groups in total. The Labute approximate surface area is 80.0 Å². The van der Waals surface area contributed by atoms with Crippen molar-refractivity contribution in [3.05, 3.63) is 34.4 Å². The first-order valence-electron chi connectivity index (χ1n) is 3.65. The number of hydrogen-bond acceptors (Lipinski definition) is 4. The van der Waals surface area contributed by atoms with E-state index in [1.54, 1.807) is 12.1 Å². The molecular formula is C10H4N2O2. The summed E-state index contributed by atoms with van der Waals surface area (Å²) >= 11 is 0. The number of carbonyl (C=O) groups is 2. The Hall–Kier alpha value is -2.46. The molecule has 1 aromatic carbocycles. The number of nitrogens with zero attached hydrogens (tertiary/aromatic N) is 2. The molecule has 4 nitrogen and oxygen atoms in total. The number of aldehydes is 2. The summed E-state index contributed by atoms with van der Waals surface area (Å²) in [5.74, 6) is 0. The second-order valence-corrected chi connectivity index (χ2v) is 2.49. The Morgan fingerprint density at radius 3 is 1.50 bits per heavy atom. The molecule has 0 unspecified atom stereocenters. The lowest BCUT2D eigenvalue weighted by molar-refractivity contribution is 0.109. The Kier molecular flexibility index (Phi) is 2.73. The fourth-order valence-corrected chi connectivity index (χ4v) is 1.02. The molecule has 0 aliphatic heterocycles. The summed E-state index contributed by atoms with van der Waals surface area (Å²) in [6, 6.07) is 6.01. The van der Waals surface area contributed by atoms with Gasteiger partial charge in [-0.2, -0.15) is 10.5 Å². The van der Waals surface area contributed by atoms with Crippen molar-refractivity contribution in [2.45, 2.75) is 0 Å². The van der Waals surface area contributed by atoms with E-state index >= 15 is 0 Å². The van der Waals surface area contributed by atoms with Gasteiger partial charge in [-0.3, -0.25) is 9.59 Å². The highest BCUT2D eigenvalue weighted by Crippen LogP contribution is 2.13. The summed E-state index contributed by atoms with van der Waals surface area (Å²) in [7, 11) is 0. The van der Waals surface area contributed by atoms with Gasteiger partial charge in [0.05, 0.1) is 11.1 Å². The van der Waals surface area contributed by atoms with Crippen LogP contribution in [0.3, 0.4) is 0 Å². The van der Waals surface area contributed by atoms with E-state index < -0.39 is 0 Å². The zero-order valence-corrected chi connectivity index (χ0v) is 7.02. The summed E-state index contributed by atoms with van der Waals surface area (Å²) in [5.41, 5.74) is 0.437. The van der Waals surface area contributed by atoms with Crippen LogP contribution in [0.4, 0.5) is 0 Å². The summed E-state index contributed by atoms with van der Waals surface area (Å²) in [5, 5.41) is 17.3. The third kappa shape index (κ3) is 1.50. The molecule has 1 rings (SSSR count). The monoisotopic (exact) mass is 184 g/mol. The van der Waals surface area contributed by atoms with Crippen molar-refractivity contribution in [2.75, 3.05) is 0 Å². The van der Waals surface area contributed by atoms with E-state index in [1.807, 2.05) is 0 Å². The highest BCUT2D eigenvalue weighted by molar-refractivity contribution is 5.91. The minimum Gasteiger partial charge on any atom is -0.298 e. The third-order valence-electron chi connectivity index (χ3n) is 1.72. The van der Waals surface area contributed by atoms with Gasteiger partial charge in [0.1, 0.15) is 12.1 Å². The van der Waals surface area contributed by atoms with E-state index in [2.05, 4.69) is 0 Å². The first-order valence-corrected chi connectivity index (χ1v) is 3.65. The van der Waals surface area contributed by atoms with Crippen molar-refractivity contribution in [2.24, 2.45) is 0 Å². The summed E-state index contributed by atoms with van der Waals surface area (Å²) < 4.78 is 0. The molecule has 0 aliphatic rings. The van der Waals surface area contributed by atoms with E-state index in [0.29, 0.717) is 12.6 Å². The van der Waals surface area contributed by atoms with Gasteiger partial charge in [-0.1, -0.05) is 0 Å². The van der Waals surface area contributed by atoms with Gasteiger partial charge in [0.25, 0.3) is 0 Å². The predicted octanol–water partition coefficient (Wildman–Crippen LogP) is 1.05. The summed E-state index contributed by atoms with van der Waals surface area (Å²) in [4.78, 5) is 21.0. The van der Waals surface area contributed by atoms with E-state index in [0.717, 1.165) is 0 Å². The minimum atomic E-state index is 0.0974. The molecule has 0 saturated heterocycles. The maximum atomic E-state index is 10.5. The molecule has 4 heteroatoms. The lowest BCUT2D eigenvalue weighted by Crippen LogP contribution is -1.95. The molecule has 0 aromatic heterocycles. The van der Waals surface area contributed by atoms with E-state index in [4.69, 9.17) is 10.5 Å². The zero-order chi connectivity index (χ0) is 10.6. The molecule has 0 saturated carbocycles. The van der Waals surface area contributed by atoms with Crippen LogP contribution in [0.15, 0.2) is 12.1 Å². The van der Waals surface area contributed by atoms with Gasteiger partial charge in [-0.15, -0.1) is 0 Å². The molecule has 66 valence electrons. The van der Waals surface area contributed by atoms with Crippen molar-refractivity contribution in [1.29, 1.82) is 10.5 Å². The number of nitriles is 2. The molecule has 0 spiro atoms. The largest absolute Gasteiger partial charge is 0.298 e. The SMILES string of the molecule is N#Cc1cc(C=O)c(C=O)cc1C#N. The molecule has 1 aromatic rings. The van der Waals surface area contributed by atoms with Crippen LogP contribution in [0.25, 0.3) is 0 Å². The molecule has 0 amide bonds. The van der Waals surface area contributed by atoms with E-state index in [-0.39, 0.29) is 22.3 Å². The van der Waals surface area contributed by atoms with Gasteiger partial charge in [-0.25, -0.2) is 0 Å². The highest BCUT2D eigenvalue weighted by Gasteiger charge is 2.08. The highest BCUT2D eigenvalue weighted by atomic mass is 16.1. The normalized spacial score (nSPS) is 8.43. The lowest BCUT2D eigenvalue weighted by Gasteiger charge is -1.99.